The zero-order valence-corrected chi connectivity index (χ0v) is 9.42. The first-order chi connectivity index (χ1) is 7.31. The van der Waals surface area contributed by atoms with Gasteiger partial charge in [0, 0.05) is 26.9 Å². The summed E-state index contributed by atoms with van der Waals surface area (Å²) < 4.78 is 4.86. The van der Waals surface area contributed by atoms with E-state index in [-0.39, 0.29) is 12.5 Å². The molecule has 0 aliphatic carbocycles. The Balaban J connectivity index is 3.11. The van der Waals surface area contributed by atoms with Crippen LogP contribution in [0, 0.1) is 0 Å². The summed E-state index contributed by atoms with van der Waals surface area (Å²) in [5.41, 5.74) is 0. The summed E-state index contributed by atoms with van der Waals surface area (Å²) in [5, 5.41) is 14.3. The third kappa shape index (κ3) is 11.3. The smallest absolute Gasteiger partial charge is 0.233 e. The van der Waals surface area contributed by atoms with Crippen molar-refractivity contribution >= 4 is 5.91 Å². The molecule has 90 valence electrons. The van der Waals surface area contributed by atoms with Crippen molar-refractivity contribution in [3.8, 4) is 0 Å². The second-order valence-electron chi connectivity index (χ2n) is 3.30. The van der Waals surface area contributed by atoms with E-state index < -0.39 is 0 Å². The lowest BCUT2D eigenvalue weighted by molar-refractivity contribution is -0.120. The number of carbonyl (C=O) groups is 1. The molecule has 0 unspecified atom stereocenters. The molecule has 0 radical (unpaired) electrons. The summed E-state index contributed by atoms with van der Waals surface area (Å²) in [7, 11) is 1.64. The van der Waals surface area contributed by atoms with E-state index in [2.05, 4.69) is 10.6 Å². The quantitative estimate of drug-likeness (QED) is 0.432. The molecular weight excluding hydrogens is 196 g/mol. The summed E-state index contributed by atoms with van der Waals surface area (Å²) in [6.07, 6.45) is 2.52. The SMILES string of the molecule is COCCCNC(=O)CNCCCCO. The third-order valence-electron chi connectivity index (χ3n) is 1.89. The molecule has 5 nitrogen and oxygen atoms in total. The second-order valence-corrected chi connectivity index (χ2v) is 3.30. The highest BCUT2D eigenvalue weighted by Crippen LogP contribution is 1.83. The summed E-state index contributed by atoms with van der Waals surface area (Å²) in [4.78, 5) is 11.2. The number of aliphatic hydroxyl groups excluding tert-OH is 1. The summed E-state index contributed by atoms with van der Waals surface area (Å²) in [6, 6.07) is 0. The number of nitrogens with one attached hydrogen (secondary N) is 2. The van der Waals surface area contributed by atoms with E-state index >= 15 is 0 Å². The summed E-state index contributed by atoms with van der Waals surface area (Å²) in [6.45, 7) is 2.66. The Bertz CT molecular complexity index is 154. The van der Waals surface area contributed by atoms with Crippen molar-refractivity contribution in [3.05, 3.63) is 0 Å². The van der Waals surface area contributed by atoms with Crippen molar-refractivity contribution in [1.29, 1.82) is 0 Å². The van der Waals surface area contributed by atoms with Crippen LogP contribution in [0.3, 0.4) is 0 Å². The highest BCUT2D eigenvalue weighted by molar-refractivity contribution is 5.77. The first kappa shape index (κ1) is 14.3. The van der Waals surface area contributed by atoms with Gasteiger partial charge in [-0.2, -0.15) is 0 Å². The van der Waals surface area contributed by atoms with E-state index in [0.717, 1.165) is 25.8 Å². The lowest BCUT2D eigenvalue weighted by Crippen LogP contribution is -2.35. The minimum absolute atomic E-state index is 0.00935. The van der Waals surface area contributed by atoms with Gasteiger partial charge in [0.25, 0.3) is 0 Å². The van der Waals surface area contributed by atoms with Crippen LogP contribution in [0.2, 0.25) is 0 Å². The van der Waals surface area contributed by atoms with Gasteiger partial charge in [-0.3, -0.25) is 4.79 Å². The molecule has 0 saturated heterocycles. The largest absolute Gasteiger partial charge is 0.396 e. The van der Waals surface area contributed by atoms with Crippen LogP contribution in [0.25, 0.3) is 0 Å². The molecule has 0 rings (SSSR count). The van der Waals surface area contributed by atoms with Gasteiger partial charge in [-0.05, 0) is 25.8 Å². The number of hydrogen-bond acceptors (Lipinski definition) is 4. The highest BCUT2D eigenvalue weighted by Gasteiger charge is 1.98. The maximum Gasteiger partial charge on any atom is 0.233 e. The molecule has 3 N–H and O–H groups in total. The fourth-order valence-corrected chi connectivity index (χ4v) is 1.07. The number of ether oxygens (including phenoxy) is 1. The van der Waals surface area contributed by atoms with Gasteiger partial charge in [-0.1, -0.05) is 0 Å². The Morgan fingerprint density at radius 2 is 2.07 bits per heavy atom. The first-order valence-corrected chi connectivity index (χ1v) is 5.38. The van der Waals surface area contributed by atoms with E-state index in [1.807, 2.05) is 0 Å². The van der Waals surface area contributed by atoms with Gasteiger partial charge < -0.3 is 20.5 Å². The Labute approximate surface area is 91.2 Å². The molecule has 0 saturated carbocycles. The van der Waals surface area contributed by atoms with Crippen LogP contribution in [0.4, 0.5) is 0 Å². The average Bonchev–Trinajstić information content (AvgIpc) is 2.24. The maximum atomic E-state index is 11.2. The Kier molecular flexibility index (Phi) is 10.9. The number of aliphatic hydroxyl groups is 1. The average molecular weight is 218 g/mol. The molecule has 5 heteroatoms. The van der Waals surface area contributed by atoms with Gasteiger partial charge in [-0.25, -0.2) is 0 Å². The van der Waals surface area contributed by atoms with Crippen LogP contribution in [0.1, 0.15) is 19.3 Å². The lowest BCUT2D eigenvalue weighted by Gasteiger charge is -2.05. The maximum absolute atomic E-state index is 11.2. The number of methoxy groups -OCH3 is 1. The molecular formula is C10H22N2O3. The van der Waals surface area contributed by atoms with Gasteiger partial charge in [0.05, 0.1) is 6.54 Å². The Hall–Kier alpha value is -0.650. The van der Waals surface area contributed by atoms with Crippen molar-refractivity contribution in [2.24, 2.45) is 0 Å². The molecule has 0 spiro atoms. The van der Waals surface area contributed by atoms with Crippen molar-refractivity contribution in [1.82, 2.24) is 10.6 Å². The standard InChI is InChI=1S/C10H22N2O3/c1-15-8-4-6-12-10(14)9-11-5-2-3-7-13/h11,13H,2-9H2,1H3,(H,12,14). The van der Waals surface area contributed by atoms with Crippen LogP contribution < -0.4 is 10.6 Å². The van der Waals surface area contributed by atoms with Crippen molar-refractivity contribution < 1.29 is 14.6 Å². The van der Waals surface area contributed by atoms with Crippen molar-refractivity contribution in [3.63, 3.8) is 0 Å². The first-order valence-electron chi connectivity index (χ1n) is 5.38. The van der Waals surface area contributed by atoms with Crippen LogP contribution in [0.5, 0.6) is 0 Å². The molecule has 0 atom stereocenters. The summed E-state index contributed by atoms with van der Waals surface area (Å²) in [5.74, 6) is 0.00935. The zero-order chi connectivity index (χ0) is 11.4. The van der Waals surface area contributed by atoms with E-state index in [1.54, 1.807) is 7.11 Å². The van der Waals surface area contributed by atoms with Gasteiger partial charge in [-0.15, -0.1) is 0 Å². The van der Waals surface area contributed by atoms with Crippen LogP contribution in [0.15, 0.2) is 0 Å². The molecule has 0 heterocycles. The van der Waals surface area contributed by atoms with E-state index in [0.29, 0.717) is 19.7 Å². The normalized spacial score (nSPS) is 10.3. The molecule has 0 aliphatic heterocycles. The Morgan fingerprint density at radius 1 is 1.27 bits per heavy atom. The molecule has 0 aromatic carbocycles. The fraction of sp³-hybridized carbons (Fsp3) is 0.900. The van der Waals surface area contributed by atoms with E-state index in [9.17, 15) is 4.79 Å². The van der Waals surface area contributed by atoms with E-state index in [4.69, 9.17) is 9.84 Å². The third-order valence-corrected chi connectivity index (χ3v) is 1.89. The zero-order valence-electron chi connectivity index (χ0n) is 9.42. The molecule has 1 amide bonds. The van der Waals surface area contributed by atoms with E-state index in [1.165, 1.54) is 0 Å². The number of hydrogen-bond donors (Lipinski definition) is 3. The van der Waals surface area contributed by atoms with Crippen molar-refractivity contribution in [2.45, 2.75) is 19.3 Å². The number of rotatable bonds is 10. The van der Waals surface area contributed by atoms with Gasteiger partial charge >= 0.3 is 0 Å². The Morgan fingerprint density at radius 3 is 2.73 bits per heavy atom. The molecule has 0 aliphatic rings. The number of unbranched alkanes of at least 4 members (excludes halogenated alkanes) is 1. The summed E-state index contributed by atoms with van der Waals surface area (Å²) >= 11 is 0. The topological polar surface area (TPSA) is 70.6 Å². The van der Waals surface area contributed by atoms with Gasteiger partial charge in [0.1, 0.15) is 0 Å². The molecule has 0 fully saturated rings. The van der Waals surface area contributed by atoms with Gasteiger partial charge in [0.15, 0.2) is 0 Å². The minimum atomic E-state index is 0.00935. The predicted octanol–water partition coefficient (Wildman–Crippen LogP) is -0.499. The highest BCUT2D eigenvalue weighted by atomic mass is 16.5. The molecule has 15 heavy (non-hydrogen) atoms. The molecule has 0 aromatic rings. The number of amides is 1. The number of carbonyl (C=O) groups excluding carboxylic acids is 1. The van der Waals surface area contributed by atoms with Crippen LogP contribution >= 0.6 is 0 Å². The van der Waals surface area contributed by atoms with Gasteiger partial charge in [0.2, 0.25) is 5.91 Å². The van der Waals surface area contributed by atoms with Crippen molar-refractivity contribution in [2.75, 3.05) is 40.0 Å². The molecule has 0 aromatic heterocycles. The lowest BCUT2D eigenvalue weighted by atomic mass is 10.3. The van der Waals surface area contributed by atoms with Crippen LogP contribution in [-0.4, -0.2) is 51.0 Å². The monoisotopic (exact) mass is 218 g/mol. The second kappa shape index (κ2) is 11.4. The predicted molar refractivity (Wildman–Crippen MR) is 58.7 cm³/mol. The minimum Gasteiger partial charge on any atom is -0.396 e. The fourth-order valence-electron chi connectivity index (χ4n) is 1.07. The molecule has 0 bridgehead atoms. The van der Waals surface area contributed by atoms with Crippen LogP contribution in [-0.2, 0) is 9.53 Å².